The topological polar surface area (TPSA) is 192 Å². The van der Waals surface area contributed by atoms with Crippen molar-refractivity contribution >= 4 is 83.5 Å². The van der Waals surface area contributed by atoms with E-state index in [-0.39, 0.29) is 66.7 Å². The van der Waals surface area contributed by atoms with Crippen molar-refractivity contribution in [1.82, 2.24) is 9.13 Å². The molecular formula is C48H35B3N2O9. The maximum atomic E-state index is 12.7. The van der Waals surface area contributed by atoms with E-state index in [9.17, 15) is 46.0 Å². The van der Waals surface area contributed by atoms with Crippen molar-refractivity contribution in [2.45, 2.75) is 0 Å². The third kappa shape index (κ3) is 4.97. The Balaban J connectivity index is 1.41. The van der Waals surface area contributed by atoms with Gasteiger partial charge in [-0.2, -0.15) is 0 Å². The van der Waals surface area contributed by atoms with Crippen LogP contribution in [0.3, 0.4) is 0 Å². The van der Waals surface area contributed by atoms with Gasteiger partial charge in [0, 0.05) is 27.7 Å². The molecule has 0 unspecified atom stereocenters. The van der Waals surface area contributed by atoms with Gasteiger partial charge in [0.15, 0.2) is 23.0 Å². The van der Waals surface area contributed by atoms with Crippen molar-refractivity contribution in [1.29, 1.82) is 0 Å². The third-order valence-electron chi connectivity index (χ3n) is 12.2. The Kier molecular flexibility index (Phi) is 8.36. The molecule has 9 N–H and O–H groups in total. The minimum Gasteiger partial charge on any atom is -0.508 e. The second kappa shape index (κ2) is 13.6. The molecule has 0 radical (unpaired) electrons. The van der Waals surface area contributed by atoms with Gasteiger partial charge in [0.1, 0.15) is 63.3 Å². The number of phenolic OH excluding ortho intramolecular Hbond substituents is 9. The van der Waals surface area contributed by atoms with E-state index in [0.717, 1.165) is 0 Å². The van der Waals surface area contributed by atoms with Gasteiger partial charge in [0.2, 0.25) is 0 Å². The van der Waals surface area contributed by atoms with Crippen LogP contribution in [-0.2, 0) is 0 Å². The van der Waals surface area contributed by atoms with Crippen molar-refractivity contribution in [3.05, 3.63) is 121 Å². The molecule has 62 heavy (non-hydrogen) atoms. The van der Waals surface area contributed by atoms with Crippen molar-refractivity contribution in [2.24, 2.45) is 0 Å². The summed E-state index contributed by atoms with van der Waals surface area (Å²) in [7, 11) is 5.04. The number of rotatable bonds is 5. The molecule has 8 aromatic carbocycles. The second-order valence-corrected chi connectivity index (χ2v) is 15.5. The summed E-state index contributed by atoms with van der Waals surface area (Å²) in [6.07, 6.45) is 0. The van der Waals surface area contributed by atoms with E-state index >= 15 is 0 Å². The van der Waals surface area contributed by atoms with Crippen LogP contribution in [0.1, 0.15) is 0 Å². The average molecular weight is 816 g/mol. The van der Waals surface area contributed by atoms with Crippen LogP contribution >= 0.6 is 0 Å². The molecule has 14 heteroatoms. The van der Waals surface area contributed by atoms with Gasteiger partial charge in [-0.1, -0.05) is 103 Å². The number of benzene rings is 8. The molecule has 0 saturated carbocycles. The van der Waals surface area contributed by atoms with Crippen LogP contribution in [0.15, 0.2) is 121 Å². The molecular weight excluding hydrogens is 781 g/mol. The molecule has 2 heterocycles. The van der Waals surface area contributed by atoms with Crippen LogP contribution in [0, 0.1) is 0 Å². The molecule has 0 spiro atoms. The fourth-order valence-corrected chi connectivity index (χ4v) is 9.40. The summed E-state index contributed by atoms with van der Waals surface area (Å²) in [6, 6.07) is 34.9. The van der Waals surface area contributed by atoms with Crippen LogP contribution in [0.5, 0.6) is 51.7 Å². The molecule has 11 nitrogen and oxygen atoms in total. The van der Waals surface area contributed by atoms with Crippen molar-refractivity contribution in [3.63, 3.8) is 0 Å². The number of nitrogens with zero attached hydrogens (tertiary/aromatic N) is 2. The van der Waals surface area contributed by atoms with Crippen LogP contribution in [-0.4, -0.2) is 78.6 Å². The van der Waals surface area contributed by atoms with Crippen molar-refractivity contribution in [2.75, 3.05) is 0 Å². The highest BCUT2D eigenvalue weighted by atomic mass is 16.3. The maximum absolute atomic E-state index is 12.7. The summed E-state index contributed by atoms with van der Waals surface area (Å²) in [5, 5.41) is 110. The van der Waals surface area contributed by atoms with E-state index in [4.69, 9.17) is 0 Å². The Bertz CT molecular complexity index is 3290. The van der Waals surface area contributed by atoms with E-state index in [1.807, 2.05) is 41.0 Å². The Morgan fingerprint density at radius 2 is 0.597 bits per heavy atom. The lowest BCUT2D eigenvalue weighted by atomic mass is 9.76. The lowest BCUT2D eigenvalue weighted by molar-refractivity contribution is 0.402. The average Bonchev–Trinajstić information content (AvgIpc) is 3.85. The summed E-state index contributed by atoms with van der Waals surface area (Å²) >= 11 is 0. The number of hydrogen-bond acceptors (Lipinski definition) is 9. The van der Waals surface area contributed by atoms with Crippen molar-refractivity contribution < 1.29 is 46.0 Å². The molecule has 300 valence electrons. The lowest BCUT2D eigenvalue weighted by Crippen LogP contribution is -2.19. The van der Waals surface area contributed by atoms with E-state index < -0.39 is 40.1 Å². The van der Waals surface area contributed by atoms with Crippen molar-refractivity contribution in [3.8, 4) is 96.5 Å². The maximum Gasteiger partial charge on any atom is 0.183 e. The highest BCUT2D eigenvalue weighted by molar-refractivity contribution is 6.54. The Labute approximate surface area is 355 Å². The zero-order valence-electron chi connectivity index (χ0n) is 33.5. The summed E-state index contributed by atoms with van der Waals surface area (Å²) in [5.41, 5.74) is 2.87. The fourth-order valence-electron chi connectivity index (χ4n) is 9.40. The molecule has 10 rings (SSSR count). The number of phenols is 9. The molecule has 0 amide bonds. The Hall–Kier alpha value is -8.25. The molecule has 0 aliphatic heterocycles. The highest BCUT2D eigenvalue weighted by Gasteiger charge is 2.35. The molecule has 0 fully saturated rings. The van der Waals surface area contributed by atoms with E-state index in [2.05, 4.69) is 0 Å². The summed E-state index contributed by atoms with van der Waals surface area (Å²) in [5.74, 6) is -4.95. The van der Waals surface area contributed by atoms with Gasteiger partial charge >= 0.3 is 0 Å². The quantitative estimate of drug-likeness (QED) is 0.0653. The number of fused-ring (bicyclic) bond motifs is 6. The predicted octanol–water partition coefficient (Wildman–Crippen LogP) is 5.01. The second-order valence-electron chi connectivity index (χ2n) is 15.5. The third-order valence-corrected chi connectivity index (χ3v) is 12.2. The fraction of sp³-hybridized carbons (Fsp3) is 0. The molecule has 0 bridgehead atoms. The molecule has 10 aromatic rings. The summed E-state index contributed by atoms with van der Waals surface area (Å²) in [4.78, 5) is 0. The normalized spacial score (nSPS) is 11.7. The minimum absolute atomic E-state index is 0.105. The summed E-state index contributed by atoms with van der Waals surface area (Å²) < 4.78 is 3.16. The van der Waals surface area contributed by atoms with Gasteiger partial charge in [0.05, 0.1) is 38.5 Å². The summed E-state index contributed by atoms with van der Waals surface area (Å²) in [6.45, 7) is 0. The van der Waals surface area contributed by atoms with Crippen LogP contribution < -0.4 is 16.4 Å². The zero-order valence-corrected chi connectivity index (χ0v) is 33.5. The van der Waals surface area contributed by atoms with Gasteiger partial charge in [-0.15, -0.1) is 0 Å². The first kappa shape index (κ1) is 38.0. The molecule has 0 aliphatic carbocycles. The van der Waals surface area contributed by atoms with Crippen LogP contribution in [0.25, 0.3) is 88.4 Å². The van der Waals surface area contributed by atoms with Gasteiger partial charge in [-0.05, 0) is 46.3 Å². The highest BCUT2D eigenvalue weighted by Crippen LogP contribution is 2.60. The van der Waals surface area contributed by atoms with Gasteiger partial charge in [0.25, 0.3) is 0 Å². The number of para-hydroxylation sites is 2. The molecule has 0 saturated heterocycles. The van der Waals surface area contributed by atoms with Gasteiger partial charge in [-0.3, -0.25) is 0 Å². The number of hydrogen-bond donors (Lipinski definition) is 9. The monoisotopic (exact) mass is 816 g/mol. The number of aromatic nitrogens is 2. The van der Waals surface area contributed by atoms with Crippen LogP contribution in [0.2, 0.25) is 0 Å². The molecule has 0 atom stereocenters. The lowest BCUT2D eigenvalue weighted by Gasteiger charge is -2.19. The standard InChI is InChI=1S/C48H35B3N2O9/c49-33-27-29-37(35(51)43(57)25(40(29)54)21-13-5-1-6-14-21)52(23-17-9-3-10-18-23)36(27)34(50)44(58)28(33)32-42(56)31-30-38(47(61)45(59)26(41(30)55)22-15-7-2-8-16-22)53(24-19-11-4-12-20-24)39(31)48(62)46(32)60/h1-20,54-62H,49-51H2. The first-order chi connectivity index (χ1) is 29.9. The van der Waals surface area contributed by atoms with Gasteiger partial charge in [-0.25, -0.2) is 0 Å². The molecule has 2 aromatic heterocycles. The first-order valence-corrected chi connectivity index (χ1v) is 19.7. The first-order valence-electron chi connectivity index (χ1n) is 19.7. The Morgan fingerprint density at radius 3 is 1.05 bits per heavy atom. The van der Waals surface area contributed by atoms with Gasteiger partial charge < -0.3 is 55.1 Å². The SMILES string of the molecule is Bc1c(-c2c(O)c(O)c3c(c2O)c2c(O)c(-c4ccccc4)c(O)c(O)c2n3-c2ccccc2)c(O)c(B)c2c1c1c(O)c(-c3ccccc3)c(O)c(B)c1n2-c1ccccc1. The minimum atomic E-state index is -0.839. The van der Waals surface area contributed by atoms with Crippen LogP contribution in [0.4, 0.5) is 0 Å². The number of aromatic hydroxyl groups is 9. The Morgan fingerprint density at radius 1 is 0.274 bits per heavy atom. The molecule has 0 aliphatic rings. The van der Waals surface area contributed by atoms with E-state index in [1.165, 1.54) is 4.57 Å². The smallest absolute Gasteiger partial charge is 0.183 e. The van der Waals surface area contributed by atoms with E-state index in [1.54, 1.807) is 108 Å². The zero-order chi connectivity index (χ0) is 43.5. The van der Waals surface area contributed by atoms with E-state index in [0.29, 0.717) is 49.8 Å². The predicted molar refractivity (Wildman–Crippen MR) is 251 cm³/mol. The largest absolute Gasteiger partial charge is 0.508 e.